The molecule has 38 heavy (non-hydrogen) atoms. The van der Waals surface area contributed by atoms with Crippen LogP contribution in [0, 0.1) is 11.8 Å². The first-order valence-corrected chi connectivity index (χ1v) is 16.0. The second-order valence-electron chi connectivity index (χ2n) is 11.4. The Bertz CT molecular complexity index is 756. The number of hydrogen-bond acceptors (Lipinski definition) is 3. The summed E-state index contributed by atoms with van der Waals surface area (Å²) in [6, 6.07) is 8.84. The maximum absolute atomic E-state index is 12.6. The number of hydrogen-bond donors (Lipinski definition) is 2. The van der Waals surface area contributed by atoms with Gasteiger partial charge in [0.05, 0.1) is 5.84 Å². The molecule has 0 aliphatic heterocycles. The van der Waals surface area contributed by atoms with Gasteiger partial charge in [0.2, 0.25) is 0 Å². The fourth-order valence-electron chi connectivity index (χ4n) is 6.03. The van der Waals surface area contributed by atoms with Gasteiger partial charge in [0.15, 0.2) is 5.78 Å². The van der Waals surface area contributed by atoms with Crippen molar-refractivity contribution in [3.8, 4) is 0 Å². The normalized spacial score (nSPS) is 18.4. The average molecular weight is 528 g/mol. The SMILES string of the molecule is CC.CC(=O)C(CCC1CCCCC1)(CC1CCCCC1)N=C(C)N.CCCNCc1ccc(CC)cc1. The lowest BCUT2D eigenvalue weighted by Crippen LogP contribution is -2.40. The van der Waals surface area contributed by atoms with E-state index in [1.807, 2.05) is 20.8 Å². The lowest BCUT2D eigenvalue weighted by atomic mass is 9.74. The summed E-state index contributed by atoms with van der Waals surface area (Å²) in [5, 5.41) is 3.39. The summed E-state index contributed by atoms with van der Waals surface area (Å²) in [5.41, 5.74) is 8.18. The van der Waals surface area contributed by atoms with Crippen molar-refractivity contribution in [2.45, 2.75) is 150 Å². The van der Waals surface area contributed by atoms with E-state index in [0.29, 0.717) is 11.8 Å². The monoisotopic (exact) mass is 527 g/mol. The Morgan fingerprint density at radius 2 is 1.42 bits per heavy atom. The molecule has 4 heteroatoms. The standard InChI is InChI=1S/C20H36N2O.C12H19N.C2H6/c1-16(23)20(22-17(2)21,15-19-11-7-4-8-12-19)14-13-18-9-5-3-6-10-18;1-3-9-13-10-12-7-5-11(4-2)6-8-12;1-2/h18-19H,3-15H2,1-2H3,(H2,21,22);5-8,13H,3-4,9-10H2,1-2H3;1-2H3. The summed E-state index contributed by atoms with van der Waals surface area (Å²) in [4.78, 5) is 17.3. The zero-order chi connectivity index (χ0) is 28.2. The molecule has 1 aromatic carbocycles. The van der Waals surface area contributed by atoms with Crippen LogP contribution >= 0.6 is 0 Å². The van der Waals surface area contributed by atoms with Gasteiger partial charge in [0.25, 0.3) is 0 Å². The van der Waals surface area contributed by atoms with Gasteiger partial charge in [-0.2, -0.15) is 0 Å². The van der Waals surface area contributed by atoms with Crippen LogP contribution in [0.2, 0.25) is 0 Å². The van der Waals surface area contributed by atoms with Gasteiger partial charge in [-0.15, -0.1) is 0 Å². The molecule has 218 valence electrons. The van der Waals surface area contributed by atoms with Crippen molar-refractivity contribution in [3.63, 3.8) is 0 Å². The molecule has 1 unspecified atom stereocenters. The van der Waals surface area contributed by atoms with Crippen LogP contribution in [-0.2, 0) is 17.8 Å². The van der Waals surface area contributed by atoms with Crippen molar-refractivity contribution in [1.29, 1.82) is 0 Å². The number of ketones is 1. The third kappa shape index (κ3) is 13.4. The lowest BCUT2D eigenvalue weighted by Gasteiger charge is -2.35. The molecule has 2 saturated carbocycles. The molecule has 0 heterocycles. The summed E-state index contributed by atoms with van der Waals surface area (Å²) in [7, 11) is 0. The fraction of sp³-hybridized carbons (Fsp3) is 0.765. The van der Waals surface area contributed by atoms with Crippen molar-refractivity contribution in [3.05, 3.63) is 35.4 Å². The molecule has 2 aliphatic rings. The zero-order valence-corrected chi connectivity index (χ0v) is 25.9. The van der Waals surface area contributed by atoms with Gasteiger partial charge >= 0.3 is 0 Å². The highest BCUT2D eigenvalue weighted by Gasteiger charge is 2.38. The molecule has 2 aliphatic carbocycles. The molecular formula is C34H61N3O. The Morgan fingerprint density at radius 1 is 0.895 bits per heavy atom. The predicted molar refractivity (Wildman–Crippen MR) is 167 cm³/mol. The highest BCUT2D eigenvalue weighted by Crippen LogP contribution is 2.38. The minimum Gasteiger partial charge on any atom is -0.388 e. The minimum absolute atomic E-state index is 0.226. The first kappa shape index (κ1) is 34.3. The van der Waals surface area contributed by atoms with Crippen LogP contribution in [0.3, 0.4) is 0 Å². The molecule has 0 amide bonds. The topological polar surface area (TPSA) is 67.5 Å². The van der Waals surface area contributed by atoms with E-state index in [1.165, 1.54) is 81.8 Å². The number of nitrogens with zero attached hydrogens (tertiary/aromatic N) is 1. The largest absolute Gasteiger partial charge is 0.388 e. The number of Topliss-reactive ketones (excluding diaryl/α,β-unsaturated/α-hetero) is 1. The van der Waals surface area contributed by atoms with Gasteiger partial charge in [-0.1, -0.05) is 116 Å². The lowest BCUT2D eigenvalue weighted by molar-refractivity contribution is -0.123. The summed E-state index contributed by atoms with van der Waals surface area (Å²) >= 11 is 0. The molecule has 4 nitrogen and oxygen atoms in total. The number of carbonyl (C=O) groups is 1. The molecule has 3 N–H and O–H groups in total. The van der Waals surface area contributed by atoms with Crippen molar-refractivity contribution < 1.29 is 4.79 Å². The Kier molecular flexibility index (Phi) is 18.3. The van der Waals surface area contributed by atoms with Crippen LogP contribution in [0.15, 0.2) is 29.3 Å². The van der Waals surface area contributed by atoms with Crippen molar-refractivity contribution in [1.82, 2.24) is 5.32 Å². The van der Waals surface area contributed by atoms with E-state index in [2.05, 4.69) is 43.4 Å². The van der Waals surface area contributed by atoms with Crippen LogP contribution in [0.1, 0.15) is 143 Å². The Morgan fingerprint density at radius 3 is 1.89 bits per heavy atom. The van der Waals surface area contributed by atoms with Crippen molar-refractivity contribution >= 4 is 11.6 Å². The second kappa shape index (κ2) is 20.3. The van der Waals surface area contributed by atoms with E-state index < -0.39 is 5.54 Å². The molecule has 1 aromatic rings. The van der Waals surface area contributed by atoms with Crippen LogP contribution in [0.4, 0.5) is 0 Å². The van der Waals surface area contributed by atoms with Gasteiger partial charge in [-0.25, -0.2) is 0 Å². The molecule has 0 saturated heterocycles. The highest BCUT2D eigenvalue weighted by molar-refractivity contribution is 5.90. The Balaban J connectivity index is 0.000000408. The molecule has 0 aromatic heterocycles. The average Bonchev–Trinajstić information content (AvgIpc) is 2.94. The summed E-state index contributed by atoms with van der Waals surface area (Å²) in [6.45, 7) is 14.0. The fourth-order valence-corrected chi connectivity index (χ4v) is 6.03. The van der Waals surface area contributed by atoms with E-state index >= 15 is 0 Å². The van der Waals surface area contributed by atoms with Crippen molar-refractivity contribution in [2.24, 2.45) is 22.6 Å². The number of amidine groups is 1. The smallest absolute Gasteiger partial charge is 0.157 e. The number of rotatable bonds is 12. The summed E-state index contributed by atoms with van der Waals surface area (Å²) < 4.78 is 0. The van der Waals surface area contributed by atoms with E-state index in [1.54, 1.807) is 6.92 Å². The van der Waals surface area contributed by atoms with Crippen LogP contribution in [0.5, 0.6) is 0 Å². The third-order valence-corrected chi connectivity index (χ3v) is 8.27. The van der Waals surface area contributed by atoms with Crippen molar-refractivity contribution in [2.75, 3.05) is 6.54 Å². The molecule has 3 rings (SSSR count). The van der Waals surface area contributed by atoms with Gasteiger partial charge in [0, 0.05) is 6.54 Å². The quantitative estimate of drug-likeness (QED) is 0.162. The van der Waals surface area contributed by atoms with E-state index in [-0.39, 0.29) is 5.78 Å². The zero-order valence-electron chi connectivity index (χ0n) is 25.9. The predicted octanol–water partition coefficient (Wildman–Crippen LogP) is 8.80. The van der Waals surface area contributed by atoms with Gasteiger partial charge in [-0.05, 0) is 75.5 Å². The maximum atomic E-state index is 12.6. The van der Waals surface area contributed by atoms with Gasteiger partial charge in [0.1, 0.15) is 5.54 Å². The molecule has 0 radical (unpaired) electrons. The number of nitrogens with two attached hydrogens (primary N) is 1. The third-order valence-electron chi connectivity index (χ3n) is 8.27. The first-order chi connectivity index (χ1) is 18.4. The maximum Gasteiger partial charge on any atom is 0.157 e. The Hall–Kier alpha value is -1.68. The number of carbonyl (C=O) groups excluding carboxylic acids is 1. The number of benzene rings is 1. The number of aliphatic imine (C=N–C) groups is 1. The second-order valence-corrected chi connectivity index (χ2v) is 11.4. The van der Waals surface area contributed by atoms with E-state index in [4.69, 9.17) is 10.7 Å². The first-order valence-electron chi connectivity index (χ1n) is 16.0. The Labute approximate surface area is 236 Å². The van der Waals surface area contributed by atoms with Crippen LogP contribution in [-0.4, -0.2) is 23.7 Å². The van der Waals surface area contributed by atoms with Gasteiger partial charge < -0.3 is 11.1 Å². The number of nitrogens with one attached hydrogen (secondary N) is 1. The summed E-state index contributed by atoms with van der Waals surface area (Å²) in [6.07, 6.45) is 18.6. The van der Waals surface area contributed by atoms with E-state index in [0.717, 1.165) is 44.7 Å². The molecule has 0 spiro atoms. The van der Waals surface area contributed by atoms with Crippen LogP contribution in [0.25, 0.3) is 0 Å². The highest BCUT2D eigenvalue weighted by atomic mass is 16.1. The van der Waals surface area contributed by atoms with Crippen LogP contribution < -0.4 is 11.1 Å². The molecule has 0 bridgehead atoms. The number of aryl methyl sites for hydroxylation is 1. The minimum atomic E-state index is -0.543. The molecular weight excluding hydrogens is 466 g/mol. The van der Waals surface area contributed by atoms with E-state index in [9.17, 15) is 4.79 Å². The summed E-state index contributed by atoms with van der Waals surface area (Å²) in [5.74, 6) is 2.24. The van der Waals surface area contributed by atoms with Gasteiger partial charge in [-0.3, -0.25) is 9.79 Å². The molecule has 1 atom stereocenters. The molecule has 2 fully saturated rings.